The predicted octanol–water partition coefficient (Wildman–Crippen LogP) is 2.52. The molecule has 19 heavy (non-hydrogen) atoms. The number of hydrogen-bond donors (Lipinski definition) is 0. The van der Waals surface area contributed by atoms with E-state index < -0.39 is 0 Å². The van der Waals surface area contributed by atoms with E-state index in [0.717, 1.165) is 18.4 Å². The Balaban J connectivity index is 1.67. The van der Waals surface area contributed by atoms with E-state index in [1.165, 1.54) is 0 Å². The first-order chi connectivity index (χ1) is 9.25. The summed E-state index contributed by atoms with van der Waals surface area (Å²) in [7, 11) is 0. The summed E-state index contributed by atoms with van der Waals surface area (Å²) in [5, 5.41) is 0. The molecule has 0 N–H and O–H groups in total. The Kier molecular flexibility index (Phi) is 5.36. The lowest BCUT2D eigenvalue weighted by atomic mass is 10.1. The van der Waals surface area contributed by atoms with Crippen LogP contribution in [0.5, 0.6) is 0 Å². The van der Waals surface area contributed by atoms with Gasteiger partial charge in [0, 0.05) is 0 Å². The maximum atomic E-state index is 11.8. The minimum absolute atomic E-state index is 0.128. The molecule has 0 spiro atoms. The average Bonchev–Trinajstić information content (AvgIpc) is 2.96. The van der Waals surface area contributed by atoms with Gasteiger partial charge in [-0.05, 0) is 18.4 Å². The van der Waals surface area contributed by atoms with Gasteiger partial charge in [-0.3, -0.25) is 4.79 Å². The first-order valence-corrected chi connectivity index (χ1v) is 6.69. The molecule has 1 atom stereocenters. The summed E-state index contributed by atoms with van der Waals surface area (Å²) in [6.07, 6.45) is 1.31. The molecule has 1 aliphatic rings. The van der Waals surface area contributed by atoms with Crippen LogP contribution in [0.1, 0.15) is 25.3 Å². The van der Waals surface area contributed by atoms with Crippen LogP contribution in [0.3, 0.4) is 0 Å². The Hall–Kier alpha value is -1.39. The SMILES string of the molecule is C[C@@H](CCC1OCCO1)C(=O)OCc1ccccc1. The number of carbonyl (C=O) groups is 1. The van der Waals surface area contributed by atoms with Crippen LogP contribution in [0, 0.1) is 5.92 Å². The first kappa shape index (κ1) is 14.0. The normalized spacial score (nSPS) is 17.3. The van der Waals surface area contributed by atoms with Gasteiger partial charge in [0.1, 0.15) is 6.61 Å². The molecule has 0 radical (unpaired) electrons. The molecule has 1 fully saturated rings. The van der Waals surface area contributed by atoms with Crippen molar-refractivity contribution >= 4 is 5.97 Å². The van der Waals surface area contributed by atoms with E-state index in [1.54, 1.807) is 0 Å². The highest BCUT2D eigenvalue weighted by Crippen LogP contribution is 2.16. The summed E-state index contributed by atoms with van der Waals surface area (Å²) in [5.74, 6) is -0.293. The highest BCUT2D eigenvalue weighted by atomic mass is 16.7. The Labute approximate surface area is 113 Å². The number of esters is 1. The Morgan fingerprint density at radius 2 is 2.00 bits per heavy atom. The van der Waals surface area contributed by atoms with Gasteiger partial charge in [-0.25, -0.2) is 0 Å². The fourth-order valence-electron chi connectivity index (χ4n) is 1.95. The molecule has 1 aliphatic heterocycles. The summed E-state index contributed by atoms with van der Waals surface area (Å²) in [6, 6.07) is 9.69. The van der Waals surface area contributed by atoms with Gasteiger partial charge in [0.15, 0.2) is 6.29 Å². The summed E-state index contributed by atoms with van der Waals surface area (Å²) in [6.45, 7) is 3.51. The minimum Gasteiger partial charge on any atom is -0.461 e. The average molecular weight is 264 g/mol. The van der Waals surface area contributed by atoms with E-state index >= 15 is 0 Å². The Bertz CT molecular complexity index is 384. The van der Waals surface area contributed by atoms with Crippen molar-refractivity contribution in [2.45, 2.75) is 32.7 Å². The van der Waals surface area contributed by atoms with Crippen LogP contribution in [0.15, 0.2) is 30.3 Å². The Morgan fingerprint density at radius 1 is 1.32 bits per heavy atom. The van der Waals surface area contributed by atoms with Crippen molar-refractivity contribution in [1.82, 2.24) is 0 Å². The molecule has 1 heterocycles. The first-order valence-electron chi connectivity index (χ1n) is 6.69. The second-order valence-corrected chi connectivity index (χ2v) is 4.74. The van der Waals surface area contributed by atoms with Gasteiger partial charge in [-0.1, -0.05) is 37.3 Å². The smallest absolute Gasteiger partial charge is 0.308 e. The molecule has 2 rings (SSSR count). The maximum Gasteiger partial charge on any atom is 0.308 e. The van der Waals surface area contributed by atoms with Crippen LogP contribution in [0.4, 0.5) is 0 Å². The van der Waals surface area contributed by atoms with E-state index in [1.807, 2.05) is 37.3 Å². The number of benzene rings is 1. The fraction of sp³-hybridized carbons (Fsp3) is 0.533. The molecule has 104 valence electrons. The van der Waals surface area contributed by atoms with Gasteiger partial charge in [-0.2, -0.15) is 0 Å². The van der Waals surface area contributed by atoms with Crippen LogP contribution < -0.4 is 0 Å². The van der Waals surface area contributed by atoms with E-state index in [9.17, 15) is 4.79 Å². The van der Waals surface area contributed by atoms with Gasteiger partial charge < -0.3 is 14.2 Å². The monoisotopic (exact) mass is 264 g/mol. The lowest BCUT2D eigenvalue weighted by Crippen LogP contribution is -2.17. The molecule has 1 aromatic rings. The second kappa shape index (κ2) is 7.26. The molecule has 0 unspecified atom stereocenters. The van der Waals surface area contributed by atoms with Gasteiger partial charge in [0.2, 0.25) is 0 Å². The highest BCUT2D eigenvalue weighted by molar-refractivity contribution is 5.71. The Morgan fingerprint density at radius 3 is 2.68 bits per heavy atom. The molecule has 0 aromatic heterocycles. The third kappa shape index (κ3) is 4.65. The molecule has 1 saturated heterocycles. The molecule has 0 amide bonds. The quantitative estimate of drug-likeness (QED) is 0.741. The van der Waals surface area contributed by atoms with Gasteiger partial charge in [0.25, 0.3) is 0 Å². The van der Waals surface area contributed by atoms with Gasteiger partial charge in [-0.15, -0.1) is 0 Å². The topological polar surface area (TPSA) is 44.8 Å². The fourth-order valence-corrected chi connectivity index (χ4v) is 1.95. The third-order valence-electron chi connectivity index (χ3n) is 3.15. The van der Waals surface area contributed by atoms with Gasteiger partial charge >= 0.3 is 5.97 Å². The maximum absolute atomic E-state index is 11.8. The summed E-state index contributed by atoms with van der Waals surface area (Å²) < 4.78 is 16.0. The van der Waals surface area contributed by atoms with Crippen LogP contribution in [-0.4, -0.2) is 25.5 Å². The van der Waals surface area contributed by atoms with Crippen molar-refractivity contribution in [3.05, 3.63) is 35.9 Å². The van der Waals surface area contributed by atoms with Crippen molar-refractivity contribution in [1.29, 1.82) is 0 Å². The molecular weight excluding hydrogens is 244 g/mol. The third-order valence-corrected chi connectivity index (χ3v) is 3.15. The molecule has 0 saturated carbocycles. The molecule has 0 bridgehead atoms. The van der Waals surface area contributed by atoms with Crippen LogP contribution in [0.25, 0.3) is 0 Å². The van der Waals surface area contributed by atoms with E-state index in [4.69, 9.17) is 14.2 Å². The molecule has 0 aliphatic carbocycles. The van der Waals surface area contributed by atoms with Crippen LogP contribution in [-0.2, 0) is 25.6 Å². The molecule has 4 nitrogen and oxygen atoms in total. The van der Waals surface area contributed by atoms with E-state index in [0.29, 0.717) is 19.8 Å². The van der Waals surface area contributed by atoms with Crippen molar-refractivity contribution in [3.8, 4) is 0 Å². The van der Waals surface area contributed by atoms with Crippen molar-refractivity contribution in [2.75, 3.05) is 13.2 Å². The lowest BCUT2D eigenvalue weighted by Gasteiger charge is -2.13. The number of hydrogen-bond acceptors (Lipinski definition) is 4. The van der Waals surface area contributed by atoms with Crippen LogP contribution >= 0.6 is 0 Å². The second-order valence-electron chi connectivity index (χ2n) is 4.74. The number of carbonyl (C=O) groups excluding carboxylic acids is 1. The van der Waals surface area contributed by atoms with E-state index in [-0.39, 0.29) is 18.2 Å². The zero-order chi connectivity index (χ0) is 13.5. The minimum atomic E-state index is -0.165. The molecule has 1 aromatic carbocycles. The number of ether oxygens (including phenoxy) is 3. The number of rotatable bonds is 6. The largest absolute Gasteiger partial charge is 0.461 e. The van der Waals surface area contributed by atoms with Crippen molar-refractivity contribution < 1.29 is 19.0 Å². The van der Waals surface area contributed by atoms with Crippen molar-refractivity contribution in [3.63, 3.8) is 0 Å². The summed E-state index contributed by atoms with van der Waals surface area (Å²) >= 11 is 0. The molecular formula is C15H20O4. The van der Waals surface area contributed by atoms with Crippen LogP contribution in [0.2, 0.25) is 0 Å². The predicted molar refractivity (Wildman–Crippen MR) is 70.3 cm³/mol. The van der Waals surface area contributed by atoms with Crippen molar-refractivity contribution in [2.24, 2.45) is 5.92 Å². The summed E-state index contributed by atoms with van der Waals surface area (Å²) in [4.78, 5) is 11.8. The van der Waals surface area contributed by atoms with E-state index in [2.05, 4.69) is 0 Å². The zero-order valence-corrected chi connectivity index (χ0v) is 11.2. The highest BCUT2D eigenvalue weighted by Gasteiger charge is 2.20. The van der Waals surface area contributed by atoms with Gasteiger partial charge in [0.05, 0.1) is 19.1 Å². The summed E-state index contributed by atoms with van der Waals surface area (Å²) in [5.41, 5.74) is 1.01. The lowest BCUT2D eigenvalue weighted by molar-refractivity contribution is -0.150. The zero-order valence-electron chi connectivity index (χ0n) is 11.2. The molecule has 4 heteroatoms. The standard InChI is InChI=1S/C15H20O4/c1-12(7-8-14-17-9-10-18-14)15(16)19-11-13-5-3-2-4-6-13/h2-6,12,14H,7-11H2,1H3/t12-/m0/s1.